The van der Waals surface area contributed by atoms with Crippen LogP contribution in [0.15, 0.2) is 23.2 Å². The first-order valence-electron chi connectivity index (χ1n) is 6.60. The Bertz CT molecular complexity index is 503. The van der Waals surface area contributed by atoms with Gasteiger partial charge in [-0.1, -0.05) is 13.3 Å². The number of nitrogens with zero attached hydrogens (tertiary/aromatic N) is 2. The molecule has 1 aromatic rings. The van der Waals surface area contributed by atoms with Crippen molar-refractivity contribution in [1.29, 1.82) is 0 Å². The van der Waals surface area contributed by atoms with Gasteiger partial charge < -0.3 is 5.32 Å². The van der Waals surface area contributed by atoms with Gasteiger partial charge in [0.25, 0.3) is 0 Å². The van der Waals surface area contributed by atoms with Gasteiger partial charge in [-0.05, 0) is 24.5 Å². The van der Waals surface area contributed by atoms with Crippen molar-refractivity contribution in [2.45, 2.75) is 24.7 Å². The molecule has 0 aliphatic rings. The summed E-state index contributed by atoms with van der Waals surface area (Å²) in [7, 11) is -0.414. The molecule has 1 N–H and O–H groups in total. The molecule has 0 fully saturated rings. The van der Waals surface area contributed by atoms with E-state index in [2.05, 4.69) is 17.2 Å². The van der Waals surface area contributed by atoms with E-state index in [1.807, 2.05) is 0 Å². The summed E-state index contributed by atoms with van der Waals surface area (Å²) in [6.07, 6.45) is 3.38. The lowest BCUT2D eigenvalue weighted by Crippen LogP contribution is -2.22. The van der Waals surface area contributed by atoms with Crippen LogP contribution in [0.2, 0.25) is 0 Å². The van der Waals surface area contributed by atoms with Gasteiger partial charge in [-0.2, -0.15) is 0 Å². The molecule has 0 bridgehead atoms. The minimum Gasteiger partial charge on any atom is -0.370 e. The molecule has 7 heteroatoms. The molecule has 1 heterocycles. The predicted molar refractivity (Wildman–Crippen MR) is 82.7 cm³/mol. The molecule has 0 aliphatic heterocycles. The lowest BCUT2D eigenvalue weighted by atomic mass is 10.0. The molecule has 0 radical (unpaired) electrons. The lowest BCUT2D eigenvalue weighted by molar-refractivity contribution is 0.519. The molecule has 1 aromatic heterocycles. The second-order valence-corrected chi connectivity index (χ2v) is 7.33. The number of sulfonamides is 1. The zero-order chi connectivity index (χ0) is 15.2. The van der Waals surface area contributed by atoms with Crippen LogP contribution in [0.25, 0.3) is 0 Å². The van der Waals surface area contributed by atoms with Crippen LogP contribution in [0.3, 0.4) is 0 Å². The molecule has 20 heavy (non-hydrogen) atoms. The van der Waals surface area contributed by atoms with Crippen LogP contribution >= 0.6 is 11.6 Å². The monoisotopic (exact) mass is 319 g/mol. The molecule has 1 rings (SSSR count). The second kappa shape index (κ2) is 7.81. The van der Waals surface area contributed by atoms with Crippen LogP contribution in [0.4, 0.5) is 5.82 Å². The van der Waals surface area contributed by atoms with E-state index in [1.54, 1.807) is 12.1 Å². The molecule has 114 valence electrons. The minimum absolute atomic E-state index is 0.195. The Balaban J connectivity index is 2.68. The van der Waals surface area contributed by atoms with Gasteiger partial charge in [0.2, 0.25) is 10.0 Å². The number of alkyl halides is 1. The van der Waals surface area contributed by atoms with Crippen LogP contribution < -0.4 is 5.32 Å². The van der Waals surface area contributed by atoms with E-state index in [-0.39, 0.29) is 4.90 Å². The normalized spacial score (nSPS) is 13.4. The standard InChI is InChI=1S/C13H22ClN3O2S/c1-4-11(7-8-14)9-15-13-6-5-12(10-16-13)20(18,19)17(2)3/h5-6,10-11H,4,7-9H2,1-3H3,(H,15,16). The van der Waals surface area contributed by atoms with Crippen molar-refractivity contribution in [2.24, 2.45) is 5.92 Å². The fourth-order valence-corrected chi connectivity index (χ4v) is 2.86. The van der Waals surface area contributed by atoms with Crippen LogP contribution in [0.5, 0.6) is 0 Å². The Hall–Kier alpha value is -0.850. The van der Waals surface area contributed by atoms with Gasteiger partial charge in [0, 0.05) is 32.7 Å². The molecule has 1 atom stereocenters. The Labute approximate surface area is 126 Å². The Morgan fingerprint density at radius 3 is 2.55 bits per heavy atom. The summed E-state index contributed by atoms with van der Waals surface area (Å²) < 4.78 is 25.0. The molecule has 5 nitrogen and oxygen atoms in total. The fourth-order valence-electron chi connectivity index (χ4n) is 1.70. The lowest BCUT2D eigenvalue weighted by Gasteiger charge is -2.15. The molecule has 1 unspecified atom stereocenters. The maximum atomic E-state index is 11.9. The molecule has 0 saturated heterocycles. The van der Waals surface area contributed by atoms with E-state index in [9.17, 15) is 8.42 Å². The summed E-state index contributed by atoms with van der Waals surface area (Å²) in [6, 6.07) is 3.25. The molecular weight excluding hydrogens is 298 g/mol. The van der Waals surface area contributed by atoms with Crippen LogP contribution in [0.1, 0.15) is 19.8 Å². The average molecular weight is 320 g/mol. The maximum absolute atomic E-state index is 11.9. The third-order valence-corrected chi connectivity index (χ3v) is 5.20. The van der Waals surface area contributed by atoms with E-state index >= 15 is 0 Å². The van der Waals surface area contributed by atoms with Crippen molar-refractivity contribution in [1.82, 2.24) is 9.29 Å². The topological polar surface area (TPSA) is 62.3 Å². The van der Waals surface area contributed by atoms with Gasteiger partial charge in [-0.15, -0.1) is 11.6 Å². The molecule has 0 aliphatic carbocycles. The van der Waals surface area contributed by atoms with Gasteiger partial charge in [0.15, 0.2) is 0 Å². The third-order valence-electron chi connectivity index (χ3n) is 3.18. The summed E-state index contributed by atoms with van der Waals surface area (Å²) in [5.74, 6) is 1.82. The number of aromatic nitrogens is 1. The highest BCUT2D eigenvalue weighted by atomic mass is 35.5. The van der Waals surface area contributed by atoms with Gasteiger partial charge in [0.05, 0.1) is 0 Å². The van der Waals surface area contributed by atoms with E-state index in [0.29, 0.717) is 17.6 Å². The first-order valence-corrected chi connectivity index (χ1v) is 8.57. The minimum atomic E-state index is -3.41. The second-order valence-electron chi connectivity index (χ2n) is 4.80. The molecular formula is C13H22ClN3O2S. The number of nitrogens with one attached hydrogen (secondary N) is 1. The first kappa shape index (κ1) is 17.2. The first-order chi connectivity index (χ1) is 9.41. The van der Waals surface area contributed by atoms with E-state index in [4.69, 9.17) is 11.6 Å². The fraction of sp³-hybridized carbons (Fsp3) is 0.615. The Morgan fingerprint density at radius 2 is 2.10 bits per heavy atom. The molecule has 0 saturated carbocycles. The number of halogens is 1. The van der Waals surface area contributed by atoms with E-state index < -0.39 is 10.0 Å². The highest BCUT2D eigenvalue weighted by Crippen LogP contribution is 2.15. The molecule has 0 spiro atoms. The van der Waals surface area contributed by atoms with Crippen molar-refractivity contribution >= 4 is 27.4 Å². The van der Waals surface area contributed by atoms with Gasteiger partial charge in [-0.3, -0.25) is 0 Å². The quantitative estimate of drug-likeness (QED) is 0.747. The number of hydrogen-bond acceptors (Lipinski definition) is 4. The van der Waals surface area contributed by atoms with Crippen molar-refractivity contribution in [2.75, 3.05) is 31.8 Å². The Morgan fingerprint density at radius 1 is 1.40 bits per heavy atom. The van der Waals surface area contributed by atoms with Crippen LogP contribution in [-0.4, -0.2) is 44.2 Å². The summed E-state index contributed by atoms with van der Waals surface area (Å²) in [6.45, 7) is 2.91. The average Bonchev–Trinajstić information content (AvgIpc) is 2.43. The van der Waals surface area contributed by atoms with Crippen molar-refractivity contribution in [3.8, 4) is 0 Å². The summed E-state index contributed by atoms with van der Waals surface area (Å²) in [5, 5.41) is 3.21. The molecule has 0 amide bonds. The highest BCUT2D eigenvalue weighted by Gasteiger charge is 2.17. The number of rotatable bonds is 8. The van der Waals surface area contributed by atoms with Gasteiger partial charge in [-0.25, -0.2) is 17.7 Å². The largest absolute Gasteiger partial charge is 0.370 e. The van der Waals surface area contributed by atoms with E-state index in [1.165, 1.54) is 24.6 Å². The summed E-state index contributed by atoms with van der Waals surface area (Å²) in [4.78, 5) is 4.34. The van der Waals surface area contributed by atoms with Crippen LogP contribution in [-0.2, 0) is 10.0 Å². The summed E-state index contributed by atoms with van der Waals surface area (Å²) >= 11 is 5.74. The summed E-state index contributed by atoms with van der Waals surface area (Å²) in [5.41, 5.74) is 0. The predicted octanol–water partition coefficient (Wildman–Crippen LogP) is 2.40. The smallest absolute Gasteiger partial charge is 0.244 e. The highest BCUT2D eigenvalue weighted by molar-refractivity contribution is 7.89. The van der Waals surface area contributed by atoms with Gasteiger partial charge in [0.1, 0.15) is 10.7 Å². The zero-order valence-electron chi connectivity index (χ0n) is 12.1. The van der Waals surface area contributed by atoms with Crippen LogP contribution in [0, 0.1) is 5.92 Å². The van der Waals surface area contributed by atoms with E-state index in [0.717, 1.165) is 19.4 Å². The zero-order valence-corrected chi connectivity index (χ0v) is 13.7. The van der Waals surface area contributed by atoms with Crippen molar-refractivity contribution in [3.05, 3.63) is 18.3 Å². The molecule has 0 aromatic carbocycles. The third kappa shape index (κ3) is 4.61. The van der Waals surface area contributed by atoms with Gasteiger partial charge >= 0.3 is 0 Å². The number of pyridine rings is 1. The van der Waals surface area contributed by atoms with Crippen molar-refractivity contribution in [3.63, 3.8) is 0 Å². The maximum Gasteiger partial charge on any atom is 0.244 e. The SMILES string of the molecule is CCC(CCCl)CNc1ccc(S(=O)(=O)N(C)C)cn1. The number of hydrogen-bond donors (Lipinski definition) is 1. The van der Waals surface area contributed by atoms with Crippen molar-refractivity contribution < 1.29 is 8.42 Å². The Kier molecular flexibility index (Phi) is 6.71. The number of anilines is 1.